The average Bonchev–Trinajstić information content (AvgIpc) is 2.85. The number of amides is 2. The molecule has 1 N–H and O–H groups in total. The van der Waals surface area contributed by atoms with Gasteiger partial charge in [0.05, 0.1) is 6.54 Å². The predicted octanol–water partition coefficient (Wildman–Crippen LogP) is 1.30. The number of fused-ring (bicyclic) bond motifs is 1. The van der Waals surface area contributed by atoms with E-state index in [4.69, 9.17) is 0 Å². The summed E-state index contributed by atoms with van der Waals surface area (Å²) in [4.78, 5) is 25.0. The highest BCUT2D eigenvalue weighted by Crippen LogP contribution is 2.21. The fourth-order valence-corrected chi connectivity index (χ4v) is 2.58. The lowest BCUT2D eigenvalue weighted by molar-refractivity contribution is -0.132. The molecule has 2 rings (SSSR count). The van der Waals surface area contributed by atoms with E-state index in [9.17, 15) is 9.59 Å². The molecule has 106 valence electrons. The quantitative estimate of drug-likeness (QED) is 0.822. The Balaban J connectivity index is 1.87. The highest BCUT2D eigenvalue weighted by Gasteiger charge is 2.23. The molecule has 2 amide bonds. The molecule has 0 saturated carbocycles. The van der Waals surface area contributed by atoms with Crippen LogP contribution in [0.3, 0.4) is 0 Å². The zero-order valence-corrected chi connectivity index (χ0v) is 11.8. The van der Waals surface area contributed by atoms with E-state index >= 15 is 0 Å². The third-order valence-electron chi connectivity index (χ3n) is 3.62. The van der Waals surface area contributed by atoms with Crippen LogP contribution >= 0.6 is 0 Å². The van der Waals surface area contributed by atoms with Crippen molar-refractivity contribution in [1.29, 1.82) is 0 Å². The first-order valence-corrected chi connectivity index (χ1v) is 6.91. The molecule has 0 unspecified atom stereocenters. The van der Waals surface area contributed by atoms with Gasteiger partial charge in [0.25, 0.3) is 0 Å². The SMILES string of the molecule is C=CC(=O)N(CC)CC(=O)NC1Cc2ccccc2C1. The van der Waals surface area contributed by atoms with Gasteiger partial charge in [-0.2, -0.15) is 0 Å². The summed E-state index contributed by atoms with van der Waals surface area (Å²) >= 11 is 0. The van der Waals surface area contributed by atoms with Crippen LogP contribution in [0.5, 0.6) is 0 Å². The molecule has 1 aromatic carbocycles. The van der Waals surface area contributed by atoms with Crippen molar-refractivity contribution in [2.45, 2.75) is 25.8 Å². The summed E-state index contributed by atoms with van der Waals surface area (Å²) in [5, 5.41) is 3.00. The monoisotopic (exact) mass is 272 g/mol. The summed E-state index contributed by atoms with van der Waals surface area (Å²) in [5.74, 6) is -0.322. The Hall–Kier alpha value is -2.10. The molecule has 0 aromatic heterocycles. The summed E-state index contributed by atoms with van der Waals surface area (Å²) in [6, 6.07) is 8.37. The minimum Gasteiger partial charge on any atom is -0.351 e. The standard InChI is InChI=1S/C16H20N2O2/c1-3-16(20)18(4-2)11-15(19)17-14-9-12-7-5-6-8-13(12)10-14/h3,5-8,14H,1,4,9-11H2,2H3,(H,17,19). The maximum absolute atomic E-state index is 12.0. The first-order chi connectivity index (χ1) is 9.63. The third kappa shape index (κ3) is 3.26. The molecule has 1 aliphatic rings. The highest BCUT2D eigenvalue weighted by atomic mass is 16.2. The normalized spacial score (nSPS) is 13.7. The number of likely N-dealkylation sites (N-methyl/N-ethyl adjacent to an activating group) is 1. The van der Waals surface area contributed by atoms with Gasteiger partial charge in [-0.15, -0.1) is 0 Å². The maximum Gasteiger partial charge on any atom is 0.246 e. The van der Waals surface area contributed by atoms with Crippen molar-refractivity contribution >= 4 is 11.8 Å². The Bertz CT molecular complexity index is 500. The van der Waals surface area contributed by atoms with Crippen LogP contribution < -0.4 is 5.32 Å². The van der Waals surface area contributed by atoms with Gasteiger partial charge in [0.2, 0.25) is 11.8 Å². The topological polar surface area (TPSA) is 49.4 Å². The van der Waals surface area contributed by atoms with Crippen LogP contribution in [0.1, 0.15) is 18.1 Å². The number of nitrogens with one attached hydrogen (secondary N) is 1. The summed E-state index contributed by atoms with van der Waals surface area (Å²) in [7, 11) is 0. The fraction of sp³-hybridized carbons (Fsp3) is 0.375. The fourth-order valence-electron chi connectivity index (χ4n) is 2.58. The molecule has 0 aliphatic heterocycles. The maximum atomic E-state index is 12.0. The van der Waals surface area contributed by atoms with Crippen LogP contribution in [0.15, 0.2) is 36.9 Å². The van der Waals surface area contributed by atoms with E-state index in [0.29, 0.717) is 6.54 Å². The number of nitrogens with zero attached hydrogens (tertiary/aromatic N) is 1. The van der Waals surface area contributed by atoms with Crippen molar-refractivity contribution < 1.29 is 9.59 Å². The minimum atomic E-state index is -0.211. The first-order valence-electron chi connectivity index (χ1n) is 6.91. The van der Waals surface area contributed by atoms with Crippen LogP contribution in [0.4, 0.5) is 0 Å². The van der Waals surface area contributed by atoms with Crippen molar-refractivity contribution in [3.63, 3.8) is 0 Å². The largest absolute Gasteiger partial charge is 0.351 e. The molecule has 1 aliphatic carbocycles. The molecule has 4 heteroatoms. The Kier molecular flexibility index (Phi) is 4.56. The molecule has 0 radical (unpaired) electrons. The second kappa shape index (κ2) is 6.37. The number of rotatable bonds is 5. The third-order valence-corrected chi connectivity index (χ3v) is 3.62. The predicted molar refractivity (Wildman–Crippen MR) is 78.2 cm³/mol. The average molecular weight is 272 g/mol. The van der Waals surface area contributed by atoms with Gasteiger partial charge in [0, 0.05) is 12.6 Å². The number of hydrogen-bond donors (Lipinski definition) is 1. The summed E-state index contributed by atoms with van der Waals surface area (Å²) in [6.07, 6.45) is 2.97. The van der Waals surface area contributed by atoms with E-state index in [1.807, 2.05) is 19.1 Å². The molecule has 0 bridgehead atoms. The van der Waals surface area contributed by atoms with Gasteiger partial charge >= 0.3 is 0 Å². The van der Waals surface area contributed by atoms with E-state index in [1.165, 1.54) is 22.1 Å². The first kappa shape index (κ1) is 14.3. The van der Waals surface area contributed by atoms with Crippen molar-refractivity contribution in [2.24, 2.45) is 0 Å². The van der Waals surface area contributed by atoms with Gasteiger partial charge in [-0.1, -0.05) is 30.8 Å². The number of benzene rings is 1. The number of carbonyl (C=O) groups excluding carboxylic acids is 2. The van der Waals surface area contributed by atoms with Gasteiger partial charge in [-0.05, 0) is 37.0 Å². The molecule has 20 heavy (non-hydrogen) atoms. The zero-order valence-electron chi connectivity index (χ0n) is 11.8. The van der Waals surface area contributed by atoms with Crippen LogP contribution in [-0.2, 0) is 22.4 Å². The summed E-state index contributed by atoms with van der Waals surface area (Å²) in [5.41, 5.74) is 2.60. The highest BCUT2D eigenvalue weighted by molar-refractivity contribution is 5.90. The van der Waals surface area contributed by atoms with Gasteiger partial charge in [0.15, 0.2) is 0 Å². The zero-order chi connectivity index (χ0) is 14.5. The Morgan fingerprint density at radius 2 is 1.95 bits per heavy atom. The van der Waals surface area contributed by atoms with Crippen LogP contribution in [0.25, 0.3) is 0 Å². The molecule has 4 nitrogen and oxygen atoms in total. The van der Waals surface area contributed by atoms with Crippen LogP contribution in [0.2, 0.25) is 0 Å². The molecule has 0 heterocycles. The minimum absolute atomic E-state index is 0.0915. The van der Waals surface area contributed by atoms with Gasteiger partial charge in [-0.3, -0.25) is 9.59 Å². The molecular formula is C16H20N2O2. The van der Waals surface area contributed by atoms with Crippen molar-refractivity contribution in [1.82, 2.24) is 10.2 Å². The van der Waals surface area contributed by atoms with Crippen LogP contribution in [0, 0.1) is 0 Å². The van der Waals surface area contributed by atoms with Crippen molar-refractivity contribution in [3.8, 4) is 0 Å². The Morgan fingerprint density at radius 3 is 2.45 bits per heavy atom. The van der Waals surface area contributed by atoms with E-state index < -0.39 is 0 Å². The lowest BCUT2D eigenvalue weighted by Crippen LogP contribution is -2.44. The lowest BCUT2D eigenvalue weighted by Gasteiger charge is -2.20. The Labute approximate surface area is 119 Å². The van der Waals surface area contributed by atoms with Gasteiger partial charge in [0.1, 0.15) is 0 Å². The second-order valence-corrected chi connectivity index (χ2v) is 5.00. The lowest BCUT2D eigenvalue weighted by atomic mass is 10.1. The second-order valence-electron chi connectivity index (χ2n) is 5.00. The summed E-state index contributed by atoms with van der Waals surface area (Å²) in [6.45, 7) is 5.89. The smallest absolute Gasteiger partial charge is 0.246 e. The van der Waals surface area contributed by atoms with Gasteiger partial charge < -0.3 is 10.2 Å². The van der Waals surface area contributed by atoms with Crippen molar-refractivity contribution in [3.05, 3.63) is 48.0 Å². The van der Waals surface area contributed by atoms with Crippen molar-refractivity contribution in [2.75, 3.05) is 13.1 Å². The summed E-state index contributed by atoms with van der Waals surface area (Å²) < 4.78 is 0. The molecular weight excluding hydrogens is 252 g/mol. The van der Waals surface area contributed by atoms with E-state index in [0.717, 1.165) is 12.8 Å². The van der Waals surface area contributed by atoms with E-state index in [2.05, 4.69) is 24.0 Å². The van der Waals surface area contributed by atoms with E-state index in [-0.39, 0.29) is 24.4 Å². The molecule has 1 aromatic rings. The molecule has 0 spiro atoms. The van der Waals surface area contributed by atoms with Crippen LogP contribution in [-0.4, -0.2) is 35.8 Å². The number of carbonyl (C=O) groups is 2. The molecule has 0 saturated heterocycles. The van der Waals surface area contributed by atoms with Gasteiger partial charge in [-0.25, -0.2) is 0 Å². The molecule has 0 fully saturated rings. The van der Waals surface area contributed by atoms with E-state index in [1.54, 1.807) is 0 Å². The number of hydrogen-bond acceptors (Lipinski definition) is 2. The molecule has 0 atom stereocenters. The Morgan fingerprint density at radius 1 is 1.35 bits per heavy atom.